The smallest absolute Gasteiger partial charge is 0.267 e. The van der Waals surface area contributed by atoms with Crippen molar-refractivity contribution in [3.8, 4) is 0 Å². The van der Waals surface area contributed by atoms with Crippen LogP contribution in [0, 0.1) is 17.8 Å². The van der Waals surface area contributed by atoms with E-state index in [1.54, 1.807) is 0 Å². The normalized spacial score (nSPS) is 30.8. The van der Waals surface area contributed by atoms with Gasteiger partial charge in [-0.05, 0) is 30.6 Å². The van der Waals surface area contributed by atoms with Crippen molar-refractivity contribution in [1.29, 1.82) is 0 Å². The maximum atomic E-state index is 12.2. The summed E-state index contributed by atoms with van der Waals surface area (Å²) >= 11 is 0. The summed E-state index contributed by atoms with van der Waals surface area (Å²) in [4.78, 5) is 0. The van der Waals surface area contributed by atoms with Gasteiger partial charge in [-0.25, -0.2) is 0 Å². The van der Waals surface area contributed by atoms with E-state index in [9.17, 15) is 8.42 Å². The molecule has 1 saturated heterocycles. The second kappa shape index (κ2) is 8.49. The van der Waals surface area contributed by atoms with Gasteiger partial charge in [-0.15, -0.1) is 0 Å². The molecule has 5 heteroatoms. The lowest BCUT2D eigenvalue weighted by Gasteiger charge is -2.38. The zero-order chi connectivity index (χ0) is 16.0. The van der Waals surface area contributed by atoms with Crippen molar-refractivity contribution in [2.24, 2.45) is 17.8 Å². The highest BCUT2D eigenvalue weighted by atomic mass is 32.2. The summed E-state index contributed by atoms with van der Waals surface area (Å²) in [5.41, 5.74) is 0. The quantitative estimate of drug-likeness (QED) is 0.641. The van der Waals surface area contributed by atoms with Crippen LogP contribution in [0.3, 0.4) is 0 Å². The van der Waals surface area contributed by atoms with Crippen molar-refractivity contribution < 1.29 is 17.3 Å². The first-order valence-corrected chi connectivity index (χ1v) is 9.94. The highest BCUT2D eigenvalue weighted by Gasteiger charge is 2.37. The van der Waals surface area contributed by atoms with Gasteiger partial charge in [0.15, 0.2) is 0 Å². The van der Waals surface area contributed by atoms with Gasteiger partial charge >= 0.3 is 0 Å². The van der Waals surface area contributed by atoms with Crippen LogP contribution in [0.15, 0.2) is 0 Å². The van der Waals surface area contributed by atoms with E-state index in [4.69, 9.17) is 8.92 Å². The zero-order valence-corrected chi connectivity index (χ0v) is 15.0. The third-order valence-corrected chi connectivity index (χ3v) is 6.36. The molecule has 0 aliphatic carbocycles. The number of hydrogen-bond donors (Lipinski definition) is 0. The van der Waals surface area contributed by atoms with Crippen LogP contribution < -0.4 is 0 Å². The standard InChI is InChI=1S/C16H32O4S/c1-6-14(7-2)9-10-21(17,18)20-16-11-19-15(8-3)12(4)13(16)5/h12-16H,6-11H2,1-5H3. The number of rotatable bonds is 8. The van der Waals surface area contributed by atoms with Crippen molar-refractivity contribution in [2.75, 3.05) is 12.4 Å². The maximum Gasteiger partial charge on any atom is 0.267 e. The van der Waals surface area contributed by atoms with E-state index in [1.165, 1.54) is 0 Å². The molecule has 0 aromatic rings. The first kappa shape index (κ1) is 18.9. The van der Waals surface area contributed by atoms with Crippen LogP contribution in [0.4, 0.5) is 0 Å². The molecule has 4 atom stereocenters. The van der Waals surface area contributed by atoms with Crippen LogP contribution >= 0.6 is 0 Å². The Morgan fingerprint density at radius 1 is 1.14 bits per heavy atom. The lowest BCUT2D eigenvalue weighted by atomic mass is 9.83. The fraction of sp³-hybridized carbons (Fsp3) is 1.00. The lowest BCUT2D eigenvalue weighted by Crippen LogP contribution is -2.45. The first-order chi connectivity index (χ1) is 9.84. The molecule has 0 saturated carbocycles. The van der Waals surface area contributed by atoms with Crippen molar-refractivity contribution >= 4 is 10.1 Å². The zero-order valence-electron chi connectivity index (χ0n) is 14.2. The molecule has 21 heavy (non-hydrogen) atoms. The van der Waals surface area contributed by atoms with Gasteiger partial charge in [0.1, 0.15) is 6.10 Å². The molecular formula is C16H32O4S. The van der Waals surface area contributed by atoms with E-state index in [0.29, 0.717) is 24.9 Å². The van der Waals surface area contributed by atoms with Crippen molar-refractivity contribution in [3.63, 3.8) is 0 Å². The molecule has 0 aromatic carbocycles. The lowest BCUT2D eigenvalue weighted by molar-refractivity contribution is -0.106. The Bertz CT molecular complexity index is 389. The largest absolute Gasteiger partial charge is 0.375 e. The summed E-state index contributed by atoms with van der Waals surface area (Å²) in [6, 6.07) is 0. The Labute approximate surface area is 130 Å². The second-order valence-electron chi connectivity index (χ2n) is 6.37. The minimum absolute atomic E-state index is 0.119. The summed E-state index contributed by atoms with van der Waals surface area (Å²) in [7, 11) is -3.46. The molecule has 0 amide bonds. The predicted molar refractivity (Wildman–Crippen MR) is 85.7 cm³/mol. The molecule has 4 nitrogen and oxygen atoms in total. The third-order valence-electron chi connectivity index (χ3n) is 5.08. The Kier molecular flexibility index (Phi) is 7.65. The second-order valence-corrected chi connectivity index (χ2v) is 8.08. The molecule has 0 aromatic heterocycles. The average molecular weight is 320 g/mol. The molecule has 0 radical (unpaired) electrons. The average Bonchev–Trinajstić information content (AvgIpc) is 2.45. The van der Waals surface area contributed by atoms with Gasteiger partial charge in [-0.2, -0.15) is 8.42 Å². The molecule has 1 fully saturated rings. The van der Waals surface area contributed by atoms with Crippen LogP contribution in [-0.4, -0.2) is 33.0 Å². The third kappa shape index (κ3) is 5.53. The Morgan fingerprint density at radius 2 is 1.76 bits per heavy atom. The SMILES string of the molecule is CCC(CC)CCS(=O)(=O)OC1COC(CC)C(C)C1C. The molecular weight excluding hydrogens is 288 g/mol. The fourth-order valence-electron chi connectivity index (χ4n) is 3.05. The predicted octanol–water partition coefficient (Wildman–Crippen LogP) is 3.61. The summed E-state index contributed by atoms with van der Waals surface area (Å²) in [5, 5.41) is 0. The van der Waals surface area contributed by atoms with Crippen LogP contribution in [0.25, 0.3) is 0 Å². The maximum absolute atomic E-state index is 12.2. The Balaban J connectivity index is 2.55. The van der Waals surface area contributed by atoms with Crippen molar-refractivity contribution in [1.82, 2.24) is 0 Å². The van der Waals surface area contributed by atoms with Gasteiger partial charge in [0.05, 0.1) is 18.5 Å². The summed E-state index contributed by atoms with van der Waals surface area (Å²) in [5.74, 6) is 1.11. The highest BCUT2D eigenvalue weighted by molar-refractivity contribution is 7.86. The molecule has 1 aliphatic heterocycles. The fourth-order valence-corrected chi connectivity index (χ4v) is 4.37. The molecule has 1 aliphatic rings. The summed E-state index contributed by atoms with van der Waals surface area (Å²) in [6.45, 7) is 10.9. The molecule has 126 valence electrons. The van der Waals surface area contributed by atoms with Crippen LogP contribution in [0.1, 0.15) is 60.3 Å². The molecule has 1 heterocycles. The summed E-state index contributed by atoms with van der Waals surface area (Å²) < 4.78 is 35.5. The number of ether oxygens (including phenoxy) is 1. The van der Waals surface area contributed by atoms with E-state index >= 15 is 0 Å². The van der Waals surface area contributed by atoms with E-state index < -0.39 is 10.1 Å². The van der Waals surface area contributed by atoms with Gasteiger partial charge in [0.2, 0.25) is 0 Å². The molecule has 1 rings (SSSR count). The van der Waals surface area contributed by atoms with Crippen molar-refractivity contribution in [2.45, 2.75) is 72.5 Å². The van der Waals surface area contributed by atoms with Crippen LogP contribution in [-0.2, 0) is 19.0 Å². The van der Waals surface area contributed by atoms with Crippen LogP contribution in [0.2, 0.25) is 0 Å². The van der Waals surface area contributed by atoms with E-state index in [2.05, 4.69) is 34.6 Å². The van der Waals surface area contributed by atoms with Gasteiger partial charge in [0, 0.05) is 0 Å². The van der Waals surface area contributed by atoms with Gasteiger partial charge in [-0.1, -0.05) is 47.5 Å². The number of hydrogen-bond acceptors (Lipinski definition) is 4. The van der Waals surface area contributed by atoms with E-state index in [0.717, 1.165) is 19.3 Å². The Morgan fingerprint density at radius 3 is 2.29 bits per heavy atom. The molecule has 0 bridgehead atoms. The molecule has 0 spiro atoms. The van der Waals surface area contributed by atoms with Gasteiger partial charge < -0.3 is 4.74 Å². The van der Waals surface area contributed by atoms with Gasteiger partial charge in [0.25, 0.3) is 10.1 Å². The topological polar surface area (TPSA) is 52.6 Å². The van der Waals surface area contributed by atoms with Crippen LogP contribution in [0.5, 0.6) is 0 Å². The summed E-state index contributed by atoms with van der Waals surface area (Å²) in [6.07, 6.45) is 3.56. The van der Waals surface area contributed by atoms with Crippen molar-refractivity contribution in [3.05, 3.63) is 0 Å². The highest BCUT2D eigenvalue weighted by Crippen LogP contribution is 2.31. The Hall–Kier alpha value is -0.130. The first-order valence-electron chi connectivity index (χ1n) is 8.37. The van der Waals surface area contributed by atoms with Gasteiger partial charge in [-0.3, -0.25) is 4.18 Å². The molecule has 0 N–H and O–H groups in total. The minimum atomic E-state index is -3.46. The minimum Gasteiger partial charge on any atom is -0.375 e. The monoisotopic (exact) mass is 320 g/mol. The molecule has 4 unspecified atom stereocenters. The van der Waals surface area contributed by atoms with E-state index in [-0.39, 0.29) is 23.9 Å². The van der Waals surface area contributed by atoms with E-state index in [1.807, 2.05) is 0 Å².